The van der Waals surface area contributed by atoms with E-state index >= 15 is 0 Å². The van der Waals surface area contributed by atoms with Crippen molar-refractivity contribution in [3.05, 3.63) is 68.1 Å². The molecule has 31 heavy (non-hydrogen) atoms. The molecule has 2 aliphatic rings. The lowest BCUT2D eigenvalue weighted by atomic mass is 9.83. The van der Waals surface area contributed by atoms with E-state index in [1.165, 1.54) is 0 Å². The molecule has 1 aromatic carbocycles. The van der Waals surface area contributed by atoms with Gasteiger partial charge in [0.1, 0.15) is 0 Å². The van der Waals surface area contributed by atoms with Crippen molar-refractivity contribution in [1.29, 1.82) is 0 Å². The van der Waals surface area contributed by atoms with Crippen molar-refractivity contribution in [3.63, 3.8) is 0 Å². The molecule has 2 heterocycles. The van der Waals surface area contributed by atoms with Crippen LogP contribution in [-0.4, -0.2) is 23.0 Å². The molecule has 4 nitrogen and oxygen atoms in total. The summed E-state index contributed by atoms with van der Waals surface area (Å²) in [4.78, 5) is 28.3. The van der Waals surface area contributed by atoms with Gasteiger partial charge in [0.15, 0.2) is 11.9 Å². The van der Waals surface area contributed by atoms with Crippen molar-refractivity contribution in [2.24, 2.45) is 11.8 Å². The van der Waals surface area contributed by atoms with Crippen molar-refractivity contribution < 1.29 is 19.4 Å². The average Bonchev–Trinajstić information content (AvgIpc) is 3.47. The maximum Gasteiger partial charge on any atom is 0.339 e. The van der Waals surface area contributed by atoms with Crippen LogP contribution in [0.15, 0.2) is 47.7 Å². The second kappa shape index (κ2) is 9.17. The van der Waals surface area contributed by atoms with E-state index < -0.39 is 23.6 Å². The van der Waals surface area contributed by atoms with Gasteiger partial charge in [-0.1, -0.05) is 43.5 Å². The zero-order valence-electron chi connectivity index (χ0n) is 17.8. The summed E-state index contributed by atoms with van der Waals surface area (Å²) in [5.41, 5.74) is 1.14. The molecule has 0 saturated heterocycles. The zero-order valence-corrected chi connectivity index (χ0v) is 19.3. The van der Waals surface area contributed by atoms with Gasteiger partial charge in [-0.3, -0.25) is 4.79 Å². The number of Topliss-reactive ketones (excluding diaryl/α,β-unsaturated/α-hetero) is 1. The van der Waals surface area contributed by atoms with Crippen LogP contribution in [-0.2, 0) is 20.7 Å². The number of carbonyl (C=O) groups excluding carboxylic acids is 2. The van der Waals surface area contributed by atoms with E-state index in [-0.39, 0.29) is 17.4 Å². The number of halogens is 1. The smallest absolute Gasteiger partial charge is 0.339 e. The Balaban J connectivity index is 1.62. The lowest BCUT2D eigenvalue weighted by Gasteiger charge is -2.31. The second-order valence-electron chi connectivity index (χ2n) is 8.63. The highest BCUT2D eigenvalue weighted by Crippen LogP contribution is 2.41. The van der Waals surface area contributed by atoms with Gasteiger partial charge >= 0.3 is 5.97 Å². The molecule has 0 spiro atoms. The topological polar surface area (TPSA) is 63.6 Å². The van der Waals surface area contributed by atoms with E-state index in [1.54, 1.807) is 11.3 Å². The van der Waals surface area contributed by atoms with E-state index in [9.17, 15) is 14.7 Å². The molecule has 1 aromatic heterocycles. The number of aryl methyl sites for hydroxylation is 1. The summed E-state index contributed by atoms with van der Waals surface area (Å²) in [5, 5.41) is 11.5. The van der Waals surface area contributed by atoms with E-state index in [1.807, 2.05) is 50.2 Å². The van der Waals surface area contributed by atoms with Crippen molar-refractivity contribution in [2.75, 3.05) is 0 Å². The Morgan fingerprint density at radius 2 is 1.87 bits per heavy atom. The maximum absolute atomic E-state index is 13.2. The number of aliphatic hydroxyl groups is 1. The summed E-state index contributed by atoms with van der Waals surface area (Å²) in [7, 11) is 0. The number of ether oxygens (including phenoxy) is 1. The van der Waals surface area contributed by atoms with Crippen LogP contribution in [0.5, 0.6) is 0 Å². The highest BCUT2D eigenvalue weighted by atomic mass is 35.5. The highest BCUT2D eigenvalue weighted by Gasteiger charge is 2.44. The highest BCUT2D eigenvalue weighted by molar-refractivity contribution is 7.12. The third kappa shape index (κ3) is 4.88. The number of aliphatic hydroxyl groups excluding tert-OH is 1. The average molecular weight is 459 g/mol. The molecular formula is C25H27ClO4S. The van der Waals surface area contributed by atoms with Crippen LogP contribution >= 0.6 is 22.9 Å². The summed E-state index contributed by atoms with van der Waals surface area (Å²) in [6.45, 7) is 3.94. The monoisotopic (exact) mass is 458 g/mol. The Morgan fingerprint density at radius 1 is 1.16 bits per heavy atom. The summed E-state index contributed by atoms with van der Waals surface area (Å²) < 4.78 is 5.75. The van der Waals surface area contributed by atoms with Crippen LogP contribution in [0.1, 0.15) is 53.8 Å². The fourth-order valence-corrected chi connectivity index (χ4v) is 5.62. The largest absolute Gasteiger partial charge is 0.504 e. The summed E-state index contributed by atoms with van der Waals surface area (Å²) >= 11 is 7.57. The van der Waals surface area contributed by atoms with E-state index in [2.05, 4.69) is 0 Å². The Labute approximate surface area is 191 Å². The molecule has 164 valence electrons. The number of ketones is 1. The van der Waals surface area contributed by atoms with Gasteiger partial charge in [0.05, 0.1) is 5.57 Å². The molecule has 0 bridgehead atoms. The quantitative estimate of drug-likeness (QED) is 0.480. The lowest BCUT2D eigenvalue weighted by Crippen LogP contribution is -2.42. The van der Waals surface area contributed by atoms with Crippen LogP contribution < -0.4 is 0 Å². The summed E-state index contributed by atoms with van der Waals surface area (Å²) in [6.07, 6.45) is 3.32. The first-order valence-electron chi connectivity index (χ1n) is 10.9. The van der Waals surface area contributed by atoms with Crippen LogP contribution in [0.2, 0.25) is 5.02 Å². The number of hydrogen-bond donors (Lipinski definition) is 1. The standard InChI is InChI=1S/C25H27ClO4S/c1-3-19(20-11-4-14(2)31-20)21-22(27)23(28)24(30-25(21)29)17(12-15-5-6-15)13-16-7-9-18(26)10-8-16/h4,7-11,15,17,19,24,27H,3,5-6,12-13H2,1-2H3. The first-order chi connectivity index (χ1) is 14.9. The Bertz CT molecular complexity index is 1000. The molecule has 4 rings (SSSR count). The lowest BCUT2D eigenvalue weighted by molar-refractivity contribution is -0.158. The van der Waals surface area contributed by atoms with Gasteiger partial charge in [0.25, 0.3) is 0 Å². The molecule has 1 fully saturated rings. The number of carbonyl (C=O) groups is 2. The fraction of sp³-hybridized carbons (Fsp3) is 0.440. The molecule has 3 unspecified atom stereocenters. The number of benzene rings is 1. The van der Waals surface area contributed by atoms with E-state index in [0.29, 0.717) is 23.8 Å². The third-order valence-electron chi connectivity index (χ3n) is 6.23. The Kier molecular flexibility index (Phi) is 6.54. The molecule has 1 saturated carbocycles. The molecule has 2 aromatic rings. The summed E-state index contributed by atoms with van der Waals surface area (Å²) in [5.74, 6) is -1.42. The van der Waals surface area contributed by atoms with Crippen molar-refractivity contribution >= 4 is 34.7 Å². The minimum atomic E-state index is -0.949. The van der Waals surface area contributed by atoms with Gasteiger partial charge in [-0.05, 0) is 61.9 Å². The molecule has 0 amide bonds. The van der Waals surface area contributed by atoms with Gasteiger partial charge in [-0.25, -0.2) is 4.79 Å². The van der Waals surface area contributed by atoms with Crippen LogP contribution in [0.25, 0.3) is 0 Å². The normalized spacial score (nSPS) is 21.2. The second-order valence-corrected chi connectivity index (χ2v) is 10.4. The van der Waals surface area contributed by atoms with Gasteiger partial charge in [0.2, 0.25) is 5.78 Å². The molecule has 1 N–H and O–H groups in total. The van der Waals surface area contributed by atoms with Crippen molar-refractivity contribution in [2.45, 2.75) is 58.0 Å². The minimum Gasteiger partial charge on any atom is -0.504 e. The summed E-state index contributed by atoms with van der Waals surface area (Å²) in [6, 6.07) is 11.5. The Morgan fingerprint density at radius 3 is 2.45 bits per heavy atom. The van der Waals surface area contributed by atoms with E-state index in [0.717, 1.165) is 34.6 Å². The zero-order chi connectivity index (χ0) is 22.1. The van der Waals surface area contributed by atoms with Gasteiger partial charge in [-0.15, -0.1) is 11.3 Å². The minimum absolute atomic E-state index is 0.0993. The predicted molar refractivity (Wildman–Crippen MR) is 123 cm³/mol. The van der Waals surface area contributed by atoms with Gasteiger partial charge < -0.3 is 9.84 Å². The number of hydrogen-bond acceptors (Lipinski definition) is 5. The molecular weight excluding hydrogens is 432 g/mol. The van der Waals surface area contributed by atoms with Crippen LogP contribution in [0.4, 0.5) is 0 Å². The number of rotatable bonds is 8. The van der Waals surface area contributed by atoms with Crippen molar-refractivity contribution in [1.82, 2.24) is 0 Å². The fourth-order valence-electron chi connectivity index (χ4n) is 4.42. The molecule has 0 radical (unpaired) electrons. The molecule has 3 atom stereocenters. The first-order valence-corrected chi connectivity index (χ1v) is 12.1. The van der Waals surface area contributed by atoms with Gasteiger partial charge in [0, 0.05) is 26.6 Å². The molecule has 1 aliphatic carbocycles. The van der Waals surface area contributed by atoms with Gasteiger partial charge in [-0.2, -0.15) is 0 Å². The van der Waals surface area contributed by atoms with E-state index in [4.69, 9.17) is 16.3 Å². The maximum atomic E-state index is 13.2. The first kappa shape index (κ1) is 22.1. The third-order valence-corrected chi connectivity index (χ3v) is 7.60. The van der Waals surface area contributed by atoms with Crippen LogP contribution in [0, 0.1) is 18.8 Å². The number of esters is 1. The number of cyclic esters (lactones) is 1. The van der Waals surface area contributed by atoms with Crippen molar-refractivity contribution in [3.8, 4) is 0 Å². The van der Waals surface area contributed by atoms with Crippen LogP contribution in [0.3, 0.4) is 0 Å². The SMILES string of the molecule is CCC(C1=C(O)C(=O)C(C(Cc2ccc(Cl)cc2)CC2CC2)OC1=O)c1ccc(C)s1. The predicted octanol–water partition coefficient (Wildman–Crippen LogP) is 6.17. The molecule has 6 heteroatoms. The number of thiophene rings is 1. The Hall–Kier alpha value is -2.11. The molecule has 1 aliphatic heterocycles.